The van der Waals surface area contributed by atoms with Crippen LogP contribution in [0.15, 0.2) is 24.4 Å². The number of ketones is 1. The molecule has 2 saturated heterocycles. The fourth-order valence-electron chi connectivity index (χ4n) is 5.00. The van der Waals surface area contributed by atoms with Crippen LogP contribution in [0, 0.1) is 19.8 Å². The van der Waals surface area contributed by atoms with Gasteiger partial charge in [0.25, 0.3) is 0 Å². The van der Waals surface area contributed by atoms with Gasteiger partial charge in [-0.15, -0.1) is 0 Å². The number of carbonyl (C=O) groups excluding carboxylic acids is 2. The molecule has 7 nitrogen and oxygen atoms in total. The Balaban J connectivity index is 1.43. The molecule has 0 N–H and O–H groups in total. The lowest BCUT2D eigenvalue weighted by molar-refractivity contribution is -0.140. The highest BCUT2D eigenvalue weighted by molar-refractivity contribution is 6.30. The second-order valence-electron chi connectivity index (χ2n) is 9.64. The third-order valence-electron chi connectivity index (χ3n) is 7.19. The molecule has 1 amide bonds. The van der Waals surface area contributed by atoms with Crippen LogP contribution in [0.1, 0.15) is 46.1 Å². The van der Waals surface area contributed by atoms with Crippen molar-refractivity contribution < 1.29 is 19.1 Å². The van der Waals surface area contributed by atoms with Crippen LogP contribution in [0.25, 0.3) is 0 Å². The van der Waals surface area contributed by atoms with E-state index in [0.29, 0.717) is 36.1 Å². The summed E-state index contributed by atoms with van der Waals surface area (Å²) >= 11 is 6.48. The zero-order chi connectivity index (χ0) is 25.1. The Bertz CT molecular complexity index is 1100. The van der Waals surface area contributed by atoms with E-state index in [2.05, 4.69) is 16.8 Å². The predicted molar refractivity (Wildman–Crippen MR) is 135 cm³/mol. The van der Waals surface area contributed by atoms with E-state index in [1.807, 2.05) is 30.9 Å². The van der Waals surface area contributed by atoms with Crippen LogP contribution in [0.5, 0.6) is 5.75 Å². The molecule has 2 atom stereocenters. The Labute approximate surface area is 212 Å². The first-order valence-electron chi connectivity index (χ1n) is 12.2. The first kappa shape index (κ1) is 25.6. The minimum atomic E-state index is -0.0243. The maximum absolute atomic E-state index is 13.0. The number of halogens is 1. The molecular weight excluding hydrogens is 466 g/mol. The van der Waals surface area contributed by atoms with Gasteiger partial charge in [0.05, 0.1) is 25.3 Å². The number of Topliss-reactive ketones (excluding diaryl/α,β-unsaturated/α-hetero) is 1. The third-order valence-corrected chi connectivity index (χ3v) is 7.41. The minimum Gasteiger partial charge on any atom is -0.495 e. The maximum atomic E-state index is 13.0. The topological polar surface area (TPSA) is 72.0 Å². The molecule has 35 heavy (non-hydrogen) atoms. The van der Waals surface area contributed by atoms with Crippen molar-refractivity contribution >= 4 is 23.3 Å². The first-order valence-corrected chi connectivity index (χ1v) is 12.6. The largest absolute Gasteiger partial charge is 0.495 e. The van der Waals surface area contributed by atoms with Crippen molar-refractivity contribution in [1.29, 1.82) is 0 Å². The summed E-state index contributed by atoms with van der Waals surface area (Å²) in [6.45, 7) is 10.3. The molecule has 3 heterocycles. The fourth-order valence-corrected chi connectivity index (χ4v) is 5.26. The molecule has 4 rings (SSSR count). The van der Waals surface area contributed by atoms with Gasteiger partial charge in [0.15, 0.2) is 5.78 Å². The average molecular weight is 500 g/mol. The number of ether oxygens (including phenoxy) is 2. The Morgan fingerprint density at radius 3 is 2.66 bits per heavy atom. The van der Waals surface area contributed by atoms with Gasteiger partial charge in [-0.2, -0.15) is 0 Å². The highest BCUT2D eigenvalue weighted by Crippen LogP contribution is 2.26. The second-order valence-corrected chi connectivity index (χ2v) is 10.1. The number of methoxy groups -OCH3 is 1. The molecule has 1 aromatic heterocycles. The maximum Gasteiger partial charge on any atom is 0.228 e. The smallest absolute Gasteiger partial charge is 0.228 e. The van der Waals surface area contributed by atoms with Crippen molar-refractivity contribution in [2.45, 2.75) is 46.2 Å². The van der Waals surface area contributed by atoms with E-state index in [1.165, 1.54) is 0 Å². The van der Waals surface area contributed by atoms with E-state index in [4.69, 9.17) is 21.1 Å². The van der Waals surface area contributed by atoms with Crippen molar-refractivity contribution in [3.8, 4) is 5.75 Å². The number of hydrogen-bond donors (Lipinski definition) is 0. The number of nitrogens with zero attached hydrogens (tertiary/aromatic N) is 3. The van der Waals surface area contributed by atoms with Crippen LogP contribution < -0.4 is 4.74 Å². The molecule has 0 radical (unpaired) electrons. The summed E-state index contributed by atoms with van der Waals surface area (Å²) in [5, 5.41) is 0.621. The summed E-state index contributed by atoms with van der Waals surface area (Å²) in [5.41, 5.74) is 4.37. The number of amides is 1. The number of rotatable bonds is 7. The number of piperazine rings is 1. The molecule has 8 heteroatoms. The molecule has 0 unspecified atom stereocenters. The SMILES string of the molecule is COc1cc(C(=O)Cc2cc(Cl)cc(CN3CCN(C(=O)[C@H]4CCOC4)[C@@H](C)C3)c2C)cnc1C. The van der Waals surface area contributed by atoms with Gasteiger partial charge < -0.3 is 14.4 Å². The second kappa shape index (κ2) is 11.1. The Kier molecular flexibility index (Phi) is 8.09. The summed E-state index contributed by atoms with van der Waals surface area (Å²) in [6.07, 6.45) is 2.66. The normalized spacial score (nSPS) is 20.8. The van der Waals surface area contributed by atoms with Gasteiger partial charge in [0, 0.05) is 62.0 Å². The molecule has 2 fully saturated rings. The standard InChI is InChI=1S/C27H34ClN3O4/c1-17-14-30(6-7-31(17)27(33)20-5-8-35-16-20)15-23-10-24(28)9-21(18(23)2)11-25(32)22-12-26(34-4)19(3)29-13-22/h9-10,12-13,17,20H,5-8,11,14-16H2,1-4H3/t17-,20-/m0/s1. The summed E-state index contributed by atoms with van der Waals surface area (Å²) in [6, 6.07) is 5.74. The first-order chi connectivity index (χ1) is 16.8. The van der Waals surface area contributed by atoms with Gasteiger partial charge in [-0.1, -0.05) is 11.6 Å². The van der Waals surface area contributed by atoms with Crippen molar-refractivity contribution in [1.82, 2.24) is 14.8 Å². The van der Waals surface area contributed by atoms with Gasteiger partial charge in [0.1, 0.15) is 5.75 Å². The van der Waals surface area contributed by atoms with Crippen molar-refractivity contribution in [2.75, 3.05) is 40.0 Å². The number of carbonyl (C=O) groups is 2. The quantitative estimate of drug-likeness (QED) is 0.539. The Morgan fingerprint density at radius 2 is 1.97 bits per heavy atom. The molecule has 0 aliphatic carbocycles. The van der Waals surface area contributed by atoms with Crippen LogP contribution >= 0.6 is 11.6 Å². The number of aryl methyl sites for hydroxylation is 1. The molecule has 0 spiro atoms. The predicted octanol–water partition coefficient (Wildman–Crippen LogP) is 3.86. The summed E-state index contributed by atoms with van der Waals surface area (Å²) < 4.78 is 10.7. The van der Waals surface area contributed by atoms with Crippen LogP contribution in [0.3, 0.4) is 0 Å². The number of hydrogen-bond acceptors (Lipinski definition) is 6. The van der Waals surface area contributed by atoms with Gasteiger partial charge in [-0.3, -0.25) is 19.5 Å². The van der Waals surface area contributed by atoms with Crippen LogP contribution in [0.4, 0.5) is 0 Å². The van der Waals surface area contributed by atoms with E-state index in [9.17, 15) is 9.59 Å². The minimum absolute atomic E-state index is 0.00275. The van der Waals surface area contributed by atoms with E-state index in [-0.39, 0.29) is 30.1 Å². The van der Waals surface area contributed by atoms with Crippen molar-refractivity contribution in [3.63, 3.8) is 0 Å². The number of aromatic nitrogens is 1. The molecule has 2 aliphatic heterocycles. The van der Waals surface area contributed by atoms with Crippen LogP contribution in [-0.2, 0) is 22.5 Å². The monoisotopic (exact) mass is 499 g/mol. The third kappa shape index (κ3) is 5.85. The summed E-state index contributed by atoms with van der Waals surface area (Å²) in [5.74, 6) is 0.801. The molecular formula is C27H34ClN3O4. The fraction of sp³-hybridized carbons (Fsp3) is 0.519. The van der Waals surface area contributed by atoms with E-state index < -0.39 is 0 Å². The van der Waals surface area contributed by atoms with Gasteiger partial charge in [-0.25, -0.2) is 0 Å². The Hall–Kier alpha value is -2.48. The lowest BCUT2D eigenvalue weighted by Crippen LogP contribution is -2.55. The van der Waals surface area contributed by atoms with Gasteiger partial charge >= 0.3 is 0 Å². The highest BCUT2D eigenvalue weighted by atomic mass is 35.5. The van der Waals surface area contributed by atoms with Gasteiger partial charge in [0.2, 0.25) is 5.91 Å². The van der Waals surface area contributed by atoms with E-state index in [0.717, 1.165) is 48.4 Å². The summed E-state index contributed by atoms with van der Waals surface area (Å²) in [7, 11) is 1.57. The molecule has 0 bridgehead atoms. The van der Waals surface area contributed by atoms with Gasteiger partial charge in [-0.05, 0) is 62.1 Å². The lowest BCUT2D eigenvalue weighted by atomic mass is 9.95. The van der Waals surface area contributed by atoms with Crippen molar-refractivity contribution in [2.24, 2.45) is 5.92 Å². The van der Waals surface area contributed by atoms with E-state index >= 15 is 0 Å². The molecule has 2 aromatic rings. The van der Waals surface area contributed by atoms with Crippen LogP contribution in [0.2, 0.25) is 5.02 Å². The Morgan fingerprint density at radius 1 is 1.20 bits per heavy atom. The lowest BCUT2D eigenvalue weighted by Gasteiger charge is -2.41. The highest BCUT2D eigenvalue weighted by Gasteiger charge is 2.33. The number of benzene rings is 1. The molecule has 2 aliphatic rings. The van der Waals surface area contributed by atoms with Crippen LogP contribution in [-0.4, -0.2) is 72.5 Å². The van der Waals surface area contributed by atoms with Crippen molar-refractivity contribution in [3.05, 3.63) is 57.4 Å². The van der Waals surface area contributed by atoms with E-state index in [1.54, 1.807) is 19.4 Å². The number of pyridine rings is 1. The average Bonchev–Trinajstić information content (AvgIpc) is 3.37. The zero-order valence-electron chi connectivity index (χ0n) is 21.0. The summed E-state index contributed by atoms with van der Waals surface area (Å²) in [4.78, 5) is 34.5. The molecule has 188 valence electrons. The molecule has 1 aromatic carbocycles. The molecule has 0 saturated carbocycles. The zero-order valence-corrected chi connectivity index (χ0v) is 21.7.